The zero-order valence-corrected chi connectivity index (χ0v) is 28.8. The van der Waals surface area contributed by atoms with Gasteiger partial charge >= 0.3 is 0 Å². The van der Waals surface area contributed by atoms with Crippen molar-refractivity contribution >= 4 is 43.7 Å². The van der Waals surface area contributed by atoms with Crippen LogP contribution in [0.4, 0.5) is 0 Å². The minimum Gasteiger partial charge on any atom is -0.453 e. The number of pyridine rings is 1. The van der Waals surface area contributed by atoms with E-state index in [4.69, 9.17) is 4.42 Å². The summed E-state index contributed by atoms with van der Waals surface area (Å²) in [6.45, 7) is 19.0. The Hall–Kier alpha value is -4.88. The molecule has 7 rings (SSSR count). The second-order valence-corrected chi connectivity index (χ2v) is 15.8. The van der Waals surface area contributed by atoms with Crippen LogP contribution < -0.4 is 0 Å². The number of nitrogens with zero attached hydrogens (tertiary/aromatic N) is 3. The van der Waals surface area contributed by atoms with E-state index in [0.29, 0.717) is 33.4 Å². The molecular formula is C43H43N3O. The van der Waals surface area contributed by atoms with Gasteiger partial charge in [0.2, 0.25) is 0 Å². The summed E-state index contributed by atoms with van der Waals surface area (Å²) in [6.07, 6.45) is 0.0535. The molecule has 0 amide bonds. The average molecular weight is 620 g/mol. The fourth-order valence-corrected chi connectivity index (χ4v) is 6.67. The van der Waals surface area contributed by atoms with Crippen molar-refractivity contribution in [1.82, 2.24) is 9.55 Å². The first kappa shape index (κ1) is 28.4. The number of hydrogen-bond donors (Lipinski definition) is 0. The van der Waals surface area contributed by atoms with Crippen molar-refractivity contribution in [1.29, 1.82) is 5.26 Å². The minimum atomic E-state index is -1.70. The molecule has 0 aliphatic carbocycles. The van der Waals surface area contributed by atoms with Crippen LogP contribution in [0.15, 0.2) is 89.5 Å². The van der Waals surface area contributed by atoms with Gasteiger partial charge in [-0.25, -0.2) is 0 Å². The van der Waals surface area contributed by atoms with E-state index in [0.717, 1.165) is 38.4 Å². The molecule has 4 nitrogen and oxygen atoms in total. The summed E-state index contributed by atoms with van der Waals surface area (Å²) in [7, 11) is 0. The molecule has 236 valence electrons. The Labute approximate surface area is 280 Å². The molecule has 0 saturated heterocycles. The molecule has 0 spiro atoms. The molecule has 4 heteroatoms. The molecule has 0 saturated carbocycles. The third-order valence-electron chi connectivity index (χ3n) is 9.06. The molecule has 0 unspecified atom stereocenters. The van der Waals surface area contributed by atoms with Crippen molar-refractivity contribution < 1.29 is 7.16 Å². The highest BCUT2D eigenvalue weighted by atomic mass is 16.3. The Balaban J connectivity index is 1.71. The lowest BCUT2D eigenvalue weighted by atomic mass is 9.85. The van der Waals surface area contributed by atoms with E-state index in [1.54, 1.807) is 6.20 Å². The molecule has 3 heterocycles. The Morgan fingerprint density at radius 1 is 0.745 bits per heavy atom. The minimum absolute atomic E-state index is 0.0967. The van der Waals surface area contributed by atoms with E-state index in [9.17, 15) is 8.00 Å². The standard InChI is InChI=1S/C43H43N3O/c1-41(2,3)24-26-13-17-32(34-12-10-11-21-45-34)39-37(26)33-18-14-27(25-44)38(40(33)47-39)46-35-22-28(42(4,5)6)15-19-30(35)31-20-16-29(23-36(31)46)43(7,8)9/h10-23H,24H2,1-9H3/i24D2. The van der Waals surface area contributed by atoms with Crippen LogP contribution in [0.2, 0.25) is 0 Å². The summed E-state index contributed by atoms with van der Waals surface area (Å²) < 4.78 is 28.0. The summed E-state index contributed by atoms with van der Waals surface area (Å²) in [5.74, 6) is 0. The highest BCUT2D eigenvalue weighted by Gasteiger charge is 2.27. The Bertz CT molecular complexity index is 2400. The summed E-state index contributed by atoms with van der Waals surface area (Å²) in [5.41, 5.74) is 7.77. The average Bonchev–Trinajstić information content (AvgIpc) is 3.58. The van der Waals surface area contributed by atoms with Crippen molar-refractivity contribution in [3.63, 3.8) is 0 Å². The topological polar surface area (TPSA) is 54.8 Å². The van der Waals surface area contributed by atoms with E-state index in [1.165, 1.54) is 11.1 Å². The second kappa shape index (κ2) is 10.6. The summed E-state index contributed by atoms with van der Waals surface area (Å²) in [4.78, 5) is 4.65. The lowest BCUT2D eigenvalue weighted by Crippen LogP contribution is -2.11. The third-order valence-corrected chi connectivity index (χ3v) is 9.06. The number of rotatable bonds is 3. The van der Waals surface area contributed by atoms with Crippen molar-refractivity contribution in [2.45, 2.75) is 79.5 Å². The van der Waals surface area contributed by atoms with E-state index in [-0.39, 0.29) is 10.8 Å². The molecule has 0 N–H and O–H groups in total. The van der Waals surface area contributed by atoms with Crippen LogP contribution >= 0.6 is 0 Å². The molecule has 0 aliphatic heterocycles. The number of furan rings is 1. The number of aromatic nitrogens is 2. The maximum atomic E-state index is 10.7. The van der Waals surface area contributed by atoms with Gasteiger partial charge in [0.25, 0.3) is 0 Å². The highest BCUT2D eigenvalue weighted by Crippen LogP contribution is 2.45. The molecular weight excluding hydrogens is 574 g/mol. The highest BCUT2D eigenvalue weighted by molar-refractivity contribution is 6.16. The van der Waals surface area contributed by atoms with Gasteiger partial charge in [-0.3, -0.25) is 4.98 Å². The smallest absolute Gasteiger partial charge is 0.160 e. The van der Waals surface area contributed by atoms with E-state index in [2.05, 4.69) is 93.6 Å². The van der Waals surface area contributed by atoms with E-state index >= 15 is 0 Å². The monoisotopic (exact) mass is 619 g/mol. The van der Waals surface area contributed by atoms with Gasteiger partial charge in [0.05, 0.1) is 22.3 Å². The predicted octanol–water partition coefficient (Wildman–Crippen LogP) is 11.8. The van der Waals surface area contributed by atoms with Crippen LogP contribution in [-0.4, -0.2) is 9.55 Å². The Morgan fingerprint density at radius 2 is 1.36 bits per heavy atom. The molecule has 4 aromatic carbocycles. The second-order valence-electron chi connectivity index (χ2n) is 15.8. The lowest BCUT2D eigenvalue weighted by Gasteiger charge is -2.20. The molecule has 0 aliphatic rings. The van der Waals surface area contributed by atoms with Crippen LogP contribution in [0.1, 0.15) is 87.3 Å². The molecule has 0 atom stereocenters. The molecule has 0 radical (unpaired) electrons. The van der Waals surface area contributed by atoms with Gasteiger partial charge in [0.15, 0.2) is 5.58 Å². The van der Waals surface area contributed by atoms with Gasteiger partial charge < -0.3 is 8.98 Å². The van der Waals surface area contributed by atoms with Crippen LogP contribution in [0.3, 0.4) is 0 Å². The van der Waals surface area contributed by atoms with Gasteiger partial charge in [0, 0.05) is 36.0 Å². The van der Waals surface area contributed by atoms with Gasteiger partial charge in [-0.05, 0) is 81.8 Å². The first-order chi connectivity index (χ1) is 22.9. The third kappa shape index (κ3) is 5.19. The maximum Gasteiger partial charge on any atom is 0.160 e. The zero-order valence-electron chi connectivity index (χ0n) is 30.8. The predicted molar refractivity (Wildman–Crippen MR) is 197 cm³/mol. The van der Waals surface area contributed by atoms with Gasteiger partial charge in [-0.2, -0.15) is 5.26 Å². The number of benzene rings is 4. The van der Waals surface area contributed by atoms with Crippen molar-refractivity contribution in [2.75, 3.05) is 0 Å². The van der Waals surface area contributed by atoms with Crippen LogP contribution in [0.5, 0.6) is 0 Å². The largest absolute Gasteiger partial charge is 0.453 e. The van der Waals surface area contributed by atoms with Crippen molar-refractivity contribution in [3.05, 3.63) is 107 Å². The maximum absolute atomic E-state index is 10.7. The fourth-order valence-electron chi connectivity index (χ4n) is 6.67. The van der Waals surface area contributed by atoms with Gasteiger partial charge in [-0.15, -0.1) is 0 Å². The SMILES string of the molecule is [2H]C([2H])(c1ccc(-c2ccccn2)c2oc3c(-n4c5cc(C(C)(C)C)ccc5c5ccc(C(C)(C)C)cc54)c(C#N)ccc3c12)C(C)(C)C. The van der Waals surface area contributed by atoms with Gasteiger partial charge in [-0.1, -0.05) is 98.7 Å². The number of fused-ring (bicyclic) bond motifs is 6. The zero-order chi connectivity index (χ0) is 35.3. The van der Waals surface area contributed by atoms with Crippen LogP contribution in [0.25, 0.3) is 60.7 Å². The quantitative estimate of drug-likeness (QED) is 0.198. The van der Waals surface area contributed by atoms with Crippen molar-refractivity contribution in [2.24, 2.45) is 5.41 Å². The molecule has 0 fully saturated rings. The first-order valence-electron chi connectivity index (χ1n) is 17.4. The van der Waals surface area contributed by atoms with Crippen molar-refractivity contribution in [3.8, 4) is 23.0 Å². The normalized spacial score (nSPS) is 13.8. The molecule has 7 aromatic rings. The lowest BCUT2D eigenvalue weighted by molar-refractivity contribution is 0.412. The molecule has 3 aromatic heterocycles. The summed E-state index contributed by atoms with van der Waals surface area (Å²) in [6, 6.07) is 29.1. The first-order valence-corrected chi connectivity index (χ1v) is 16.4. The van der Waals surface area contributed by atoms with E-state index in [1.807, 2.05) is 63.2 Å². The van der Waals surface area contributed by atoms with Gasteiger partial charge in [0.1, 0.15) is 17.3 Å². The Morgan fingerprint density at radius 3 is 1.89 bits per heavy atom. The fraction of sp³-hybridized carbons (Fsp3) is 0.302. The summed E-state index contributed by atoms with van der Waals surface area (Å²) in [5, 5.41) is 14.4. The van der Waals surface area contributed by atoms with Crippen LogP contribution in [-0.2, 0) is 17.2 Å². The molecule has 47 heavy (non-hydrogen) atoms. The Kier molecular flexibility index (Phi) is 6.38. The molecule has 0 bridgehead atoms. The number of hydrogen-bond acceptors (Lipinski definition) is 3. The number of nitriles is 1. The van der Waals surface area contributed by atoms with E-state index < -0.39 is 11.8 Å². The van der Waals surface area contributed by atoms with Crippen LogP contribution in [0, 0.1) is 16.7 Å². The summed E-state index contributed by atoms with van der Waals surface area (Å²) >= 11 is 0.